The first kappa shape index (κ1) is 43.7. The molecule has 18 heteroatoms. The van der Waals surface area contributed by atoms with Gasteiger partial charge in [-0.05, 0) is 74.6 Å². The lowest BCUT2D eigenvalue weighted by molar-refractivity contribution is -0.193. The zero-order valence-corrected chi connectivity index (χ0v) is 29.2. The lowest BCUT2D eigenvalue weighted by Crippen LogP contribution is -2.54. The molecule has 12 nitrogen and oxygen atoms in total. The summed E-state index contributed by atoms with van der Waals surface area (Å²) in [7, 11) is 0. The van der Waals surface area contributed by atoms with Crippen molar-refractivity contribution in [2.24, 2.45) is 0 Å². The second-order valence-electron chi connectivity index (χ2n) is 12.4. The standard InChI is InChI=1S/C33H36N4O4.2C2HF3O2/c1-23-19-26(29-9-5-6-10-30(29)35-23)22-41-28-13-11-25(12-14-28)32(39)36-33(20-31(38)37-40)17-15-27(16-18-33)34-21-24-7-3-2-4-8-24;2*3-2(4,5)1(6)7/h2-14,19,27,34,40H,15-18,20-22H2,1H3,(H,36,39)(H,37,38);2*(H,6,7). The Morgan fingerprint density at radius 1 is 0.836 bits per heavy atom. The van der Waals surface area contributed by atoms with Gasteiger partial charge in [-0.2, -0.15) is 26.3 Å². The number of nitrogens with zero attached hydrogens (tertiary/aromatic N) is 1. The Morgan fingerprint density at radius 2 is 1.38 bits per heavy atom. The number of aromatic nitrogens is 1. The second kappa shape index (κ2) is 19.5. The molecule has 0 aliphatic heterocycles. The van der Waals surface area contributed by atoms with Gasteiger partial charge in [0.05, 0.1) is 11.9 Å². The topological polar surface area (TPSA) is 187 Å². The van der Waals surface area contributed by atoms with E-state index in [1.165, 1.54) is 5.56 Å². The molecular weight excluding hydrogens is 742 g/mol. The Morgan fingerprint density at radius 3 is 1.93 bits per heavy atom. The van der Waals surface area contributed by atoms with E-state index in [2.05, 4.69) is 27.8 Å². The number of aliphatic carboxylic acids is 2. The average molecular weight is 781 g/mol. The summed E-state index contributed by atoms with van der Waals surface area (Å²) in [4.78, 5) is 47.8. The van der Waals surface area contributed by atoms with Gasteiger partial charge in [0.15, 0.2) is 0 Å². The van der Waals surface area contributed by atoms with Crippen LogP contribution in [0.5, 0.6) is 5.75 Å². The van der Waals surface area contributed by atoms with Crippen LogP contribution in [0.1, 0.15) is 59.3 Å². The van der Waals surface area contributed by atoms with E-state index in [0.717, 1.165) is 41.5 Å². The van der Waals surface area contributed by atoms with Crippen LogP contribution in [0.4, 0.5) is 26.3 Å². The highest BCUT2D eigenvalue weighted by Crippen LogP contribution is 2.32. The van der Waals surface area contributed by atoms with Crippen molar-refractivity contribution in [2.45, 2.75) is 76.1 Å². The highest BCUT2D eigenvalue weighted by atomic mass is 19.4. The molecule has 5 rings (SSSR count). The van der Waals surface area contributed by atoms with Gasteiger partial charge < -0.3 is 25.6 Å². The Hall–Kier alpha value is -5.75. The van der Waals surface area contributed by atoms with Crippen LogP contribution in [-0.4, -0.2) is 68.1 Å². The van der Waals surface area contributed by atoms with Crippen LogP contribution < -0.4 is 20.9 Å². The van der Waals surface area contributed by atoms with Gasteiger partial charge in [0.25, 0.3) is 5.91 Å². The van der Waals surface area contributed by atoms with E-state index in [4.69, 9.17) is 24.5 Å². The Labute approximate surface area is 310 Å². The molecule has 0 atom stereocenters. The van der Waals surface area contributed by atoms with E-state index in [1.807, 2.05) is 55.5 Å². The number of hydrogen-bond acceptors (Lipinski definition) is 8. The number of hydrogen-bond donors (Lipinski definition) is 6. The van der Waals surface area contributed by atoms with Gasteiger partial charge in [-0.3, -0.25) is 19.8 Å². The molecule has 1 aliphatic carbocycles. The van der Waals surface area contributed by atoms with Crippen molar-refractivity contribution < 1.29 is 65.7 Å². The van der Waals surface area contributed by atoms with Crippen LogP contribution in [0.3, 0.4) is 0 Å². The Balaban J connectivity index is 0.000000494. The molecule has 0 radical (unpaired) electrons. The van der Waals surface area contributed by atoms with Crippen LogP contribution in [0.2, 0.25) is 0 Å². The molecule has 0 saturated heterocycles. The number of para-hydroxylation sites is 1. The zero-order valence-electron chi connectivity index (χ0n) is 29.2. The second-order valence-corrected chi connectivity index (χ2v) is 12.4. The minimum atomic E-state index is -5.08. The fraction of sp³-hybridized carbons (Fsp3) is 0.324. The lowest BCUT2D eigenvalue weighted by atomic mass is 9.76. The Kier molecular flexibility index (Phi) is 15.5. The first-order valence-electron chi connectivity index (χ1n) is 16.5. The maximum atomic E-state index is 13.3. The number of hydroxylamine groups is 1. The summed E-state index contributed by atoms with van der Waals surface area (Å²) in [5.74, 6) is -5.63. The maximum Gasteiger partial charge on any atom is 0.490 e. The molecule has 1 aromatic heterocycles. The molecule has 0 unspecified atom stereocenters. The van der Waals surface area contributed by atoms with Crippen molar-refractivity contribution in [1.29, 1.82) is 0 Å². The van der Waals surface area contributed by atoms with Gasteiger partial charge in [0.2, 0.25) is 5.91 Å². The van der Waals surface area contributed by atoms with Gasteiger partial charge in [-0.1, -0.05) is 48.5 Å². The third-order valence-corrected chi connectivity index (χ3v) is 8.31. The third-order valence-electron chi connectivity index (χ3n) is 8.31. The number of aryl methyl sites for hydroxylation is 1. The molecule has 1 saturated carbocycles. The van der Waals surface area contributed by atoms with Crippen LogP contribution in [0.25, 0.3) is 10.9 Å². The predicted octanol–water partition coefficient (Wildman–Crippen LogP) is 6.49. The molecule has 2 amide bonds. The van der Waals surface area contributed by atoms with Gasteiger partial charge in [0, 0.05) is 40.3 Å². The highest BCUT2D eigenvalue weighted by molar-refractivity contribution is 5.95. The number of carbonyl (C=O) groups excluding carboxylic acids is 2. The summed E-state index contributed by atoms with van der Waals surface area (Å²) < 4.78 is 69.5. The molecule has 0 bridgehead atoms. The van der Waals surface area contributed by atoms with Crippen LogP contribution >= 0.6 is 0 Å². The van der Waals surface area contributed by atoms with Crippen molar-refractivity contribution >= 4 is 34.7 Å². The summed E-state index contributed by atoms with van der Waals surface area (Å²) in [5, 5.41) is 31.2. The number of ether oxygens (including phenoxy) is 1. The SMILES string of the molecule is Cc1cc(COc2ccc(C(=O)NC3(CC(=O)NO)CCC(NCc4ccccc4)CC3)cc2)c2ccccc2n1.O=C(O)C(F)(F)F.O=C(O)C(F)(F)F. The molecule has 1 aliphatic rings. The quantitative estimate of drug-likeness (QED) is 0.0591. The molecule has 4 aromatic rings. The van der Waals surface area contributed by atoms with E-state index >= 15 is 0 Å². The molecule has 55 heavy (non-hydrogen) atoms. The van der Waals surface area contributed by atoms with Crippen LogP contribution in [0.15, 0.2) is 84.9 Å². The number of benzene rings is 3. The largest absolute Gasteiger partial charge is 0.490 e. The normalized spacial score (nSPS) is 16.7. The van der Waals surface area contributed by atoms with Gasteiger partial charge in [0.1, 0.15) is 12.4 Å². The zero-order chi connectivity index (χ0) is 40.8. The van der Waals surface area contributed by atoms with E-state index in [9.17, 15) is 41.1 Å². The number of rotatable bonds is 10. The molecule has 0 spiro atoms. The maximum absolute atomic E-state index is 13.3. The summed E-state index contributed by atoms with van der Waals surface area (Å²) in [6.45, 7) is 3.12. The molecule has 6 N–H and O–H groups in total. The number of nitrogens with one attached hydrogen (secondary N) is 3. The summed E-state index contributed by atoms with van der Waals surface area (Å²) in [6.07, 6.45) is -7.29. The Bertz CT molecular complexity index is 1880. The predicted molar refractivity (Wildman–Crippen MR) is 185 cm³/mol. The van der Waals surface area contributed by atoms with Crippen molar-refractivity contribution in [3.8, 4) is 5.75 Å². The lowest BCUT2D eigenvalue weighted by Gasteiger charge is -2.40. The number of carbonyl (C=O) groups is 4. The molecular formula is C37H38F6N4O8. The first-order chi connectivity index (χ1) is 25.8. The number of fused-ring (bicyclic) bond motifs is 1. The number of pyridine rings is 1. The summed E-state index contributed by atoms with van der Waals surface area (Å²) in [6, 6.07) is 27.5. The van der Waals surface area contributed by atoms with Crippen molar-refractivity contribution in [3.05, 3.63) is 107 Å². The van der Waals surface area contributed by atoms with Crippen LogP contribution in [-0.2, 0) is 27.5 Å². The number of carboxylic acids is 2. The first-order valence-corrected chi connectivity index (χ1v) is 16.5. The van der Waals surface area contributed by atoms with E-state index in [1.54, 1.807) is 29.7 Å². The molecule has 3 aromatic carbocycles. The number of alkyl halides is 6. The number of amides is 2. The van der Waals surface area contributed by atoms with Crippen LogP contribution in [0, 0.1) is 6.92 Å². The van der Waals surface area contributed by atoms with Gasteiger partial charge >= 0.3 is 24.3 Å². The summed E-state index contributed by atoms with van der Waals surface area (Å²) >= 11 is 0. The third kappa shape index (κ3) is 14.2. The average Bonchev–Trinajstić information content (AvgIpc) is 3.14. The van der Waals surface area contributed by atoms with Gasteiger partial charge in [-0.25, -0.2) is 15.1 Å². The van der Waals surface area contributed by atoms with E-state index in [0.29, 0.717) is 30.8 Å². The van der Waals surface area contributed by atoms with Crippen molar-refractivity contribution in [2.75, 3.05) is 0 Å². The minimum absolute atomic E-state index is 0.0150. The fourth-order valence-electron chi connectivity index (χ4n) is 5.62. The van der Waals surface area contributed by atoms with Gasteiger partial charge in [-0.15, -0.1) is 0 Å². The fourth-order valence-corrected chi connectivity index (χ4v) is 5.62. The number of carboxylic acid groups (broad SMARTS) is 2. The van der Waals surface area contributed by atoms with E-state index < -0.39 is 35.7 Å². The van der Waals surface area contributed by atoms with Crippen molar-refractivity contribution in [1.82, 2.24) is 21.1 Å². The van der Waals surface area contributed by atoms with Crippen molar-refractivity contribution in [3.63, 3.8) is 0 Å². The minimum Gasteiger partial charge on any atom is -0.489 e. The molecule has 296 valence electrons. The summed E-state index contributed by atoms with van der Waals surface area (Å²) in [5.41, 5.74) is 5.61. The molecule has 1 fully saturated rings. The molecule has 1 heterocycles. The number of halogens is 6. The smallest absolute Gasteiger partial charge is 0.489 e. The monoisotopic (exact) mass is 780 g/mol. The highest BCUT2D eigenvalue weighted by Gasteiger charge is 2.40. The van der Waals surface area contributed by atoms with E-state index in [-0.39, 0.29) is 18.4 Å².